The van der Waals surface area contributed by atoms with Crippen molar-refractivity contribution in [1.82, 2.24) is 10.2 Å². The van der Waals surface area contributed by atoms with Crippen LogP contribution in [0.4, 0.5) is 10.1 Å². The summed E-state index contributed by atoms with van der Waals surface area (Å²) in [7, 11) is 3.14. The average molecular weight is 423 g/mol. The zero-order chi connectivity index (χ0) is 22.6. The predicted octanol–water partition coefficient (Wildman–Crippen LogP) is 1.26. The topological polar surface area (TPSA) is 95.6 Å². The monoisotopic (exact) mass is 423 g/mol. The fourth-order valence-corrected chi connectivity index (χ4v) is 3.90. The van der Waals surface area contributed by atoms with Crippen molar-refractivity contribution in [2.45, 2.75) is 31.4 Å². The largest absolute Gasteiger partial charge is 0.381 e. The Kier molecular flexibility index (Phi) is 6.53. The summed E-state index contributed by atoms with van der Waals surface area (Å²) in [4.78, 5) is 49.1. The number of hydrogen-bond acceptors (Lipinski definition) is 5. The molecule has 2 amide bonds. The molecule has 1 aliphatic heterocycles. The van der Waals surface area contributed by atoms with Gasteiger partial charge in [0.05, 0.1) is 11.0 Å². The second-order valence-electron chi connectivity index (χ2n) is 7.57. The molecule has 0 saturated heterocycles. The summed E-state index contributed by atoms with van der Waals surface area (Å²) in [6.45, 7) is 0.299. The second-order valence-corrected chi connectivity index (χ2v) is 7.57. The summed E-state index contributed by atoms with van der Waals surface area (Å²) >= 11 is 0. The summed E-state index contributed by atoms with van der Waals surface area (Å²) in [5, 5.41) is 5.72. The maximum Gasteiger partial charge on any atom is 0.254 e. The van der Waals surface area contributed by atoms with Crippen molar-refractivity contribution in [3.63, 3.8) is 0 Å². The smallest absolute Gasteiger partial charge is 0.254 e. The lowest BCUT2D eigenvalue weighted by atomic mass is 9.71. The first-order valence-electron chi connectivity index (χ1n) is 9.93. The molecule has 0 fully saturated rings. The Morgan fingerprint density at radius 2 is 2.00 bits per heavy atom. The van der Waals surface area contributed by atoms with Gasteiger partial charge < -0.3 is 20.3 Å². The lowest BCUT2D eigenvalue weighted by Gasteiger charge is -2.37. The molecule has 2 aromatic carbocycles. The summed E-state index contributed by atoms with van der Waals surface area (Å²) in [6, 6.07) is 9.76. The highest BCUT2D eigenvalue weighted by molar-refractivity contribution is 6.30. The summed E-state index contributed by atoms with van der Waals surface area (Å²) in [6.07, 6.45) is 1.53. The highest BCUT2D eigenvalue weighted by atomic mass is 19.1. The Morgan fingerprint density at radius 1 is 1.26 bits per heavy atom. The van der Waals surface area contributed by atoms with Crippen LogP contribution in [0.2, 0.25) is 0 Å². The molecule has 3 rings (SSSR count). The molecule has 31 heavy (non-hydrogen) atoms. The molecule has 1 heterocycles. The van der Waals surface area contributed by atoms with Gasteiger partial charge in [0.15, 0.2) is 6.29 Å². The van der Waals surface area contributed by atoms with Gasteiger partial charge in [0.2, 0.25) is 5.91 Å². The van der Waals surface area contributed by atoms with Gasteiger partial charge in [-0.05, 0) is 24.6 Å². The Hall–Kier alpha value is -3.49. The van der Waals surface area contributed by atoms with Gasteiger partial charge in [0.25, 0.3) is 5.91 Å². The van der Waals surface area contributed by atoms with E-state index in [1.807, 2.05) is 0 Å². The lowest BCUT2D eigenvalue weighted by Crippen LogP contribution is -2.59. The van der Waals surface area contributed by atoms with Crippen molar-refractivity contribution in [3.05, 3.63) is 64.5 Å². The average Bonchev–Trinajstić information content (AvgIpc) is 3.14. The molecule has 2 N–H and O–H groups in total. The van der Waals surface area contributed by atoms with E-state index in [2.05, 4.69) is 10.6 Å². The van der Waals surface area contributed by atoms with Crippen LogP contribution in [0.25, 0.3) is 0 Å². The Morgan fingerprint density at radius 3 is 2.68 bits per heavy atom. The molecule has 0 aliphatic carbocycles. The van der Waals surface area contributed by atoms with Gasteiger partial charge in [-0.15, -0.1) is 0 Å². The van der Waals surface area contributed by atoms with Crippen LogP contribution in [0, 0.1) is 5.82 Å². The van der Waals surface area contributed by atoms with Crippen molar-refractivity contribution in [2.75, 3.05) is 12.4 Å². The maximum absolute atomic E-state index is 14.4. The van der Waals surface area contributed by atoms with E-state index in [9.17, 15) is 23.6 Å². The number of amides is 2. The molecule has 1 atom stereocenters. The van der Waals surface area contributed by atoms with Crippen molar-refractivity contribution in [2.24, 2.45) is 0 Å². The van der Waals surface area contributed by atoms with Gasteiger partial charge in [-0.3, -0.25) is 14.4 Å². The number of rotatable bonds is 9. The van der Waals surface area contributed by atoms with Gasteiger partial charge >= 0.3 is 0 Å². The normalized spacial score (nSPS) is 14.5. The van der Waals surface area contributed by atoms with Crippen LogP contribution in [-0.4, -0.2) is 49.6 Å². The van der Waals surface area contributed by atoms with E-state index in [1.165, 1.54) is 18.0 Å². The van der Waals surface area contributed by atoms with Crippen LogP contribution < -0.4 is 10.6 Å². The van der Waals surface area contributed by atoms with Crippen LogP contribution in [0.5, 0.6) is 0 Å². The van der Waals surface area contributed by atoms with E-state index in [0.29, 0.717) is 28.7 Å². The van der Waals surface area contributed by atoms with E-state index in [-0.39, 0.29) is 43.3 Å². The van der Waals surface area contributed by atoms with Crippen molar-refractivity contribution < 1.29 is 23.6 Å². The number of nitrogens with zero attached hydrogens (tertiary/aromatic N) is 1. The minimum Gasteiger partial charge on any atom is -0.381 e. The Labute approximate surface area is 180 Å². The van der Waals surface area contributed by atoms with Gasteiger partial charge in [0, 0.05) is 48.9 Å². The molecule has 0 radical (unpaired) electrons. The van der Waals surface area contributed by atoms with E-state index in [0.717, 1.165) is 6.29 Å². The van der Waals surface area contributed by atoms with Crippen molar-refractivity contribution >= 4 is 37.9 Å². The fourth-order valence-electron chi connectivity index (χ4n) is 3.90. The molecule has 1 aliphatic rings. The maximum atomic E-state index is 14.4. The molecule has 7 nitrogen and oxygen atoms in total. The fraction of sp³-hybridized carbons (Fsp3) is 0.273. The van der Waals surface area contributed by atoms with Crippen LogP contribution in [-0.2, 0) is 22.7 Å². The molecule has 0 bridgehead atoms. The number of anilines is 1. The lowest BCUT2D eigenvalue weighted by molar-refractivity contribution is -0.127. The molecule has 2 aromatic rings. The second kappa shape index (κ2) is 9.12. The molecule has 0 saturated carbocycles. The molecule has 0 spiro atoms. The number of carbonyl (C=O) groups excluding carboxylic acids is 4. The highest BCUT2D eigenvalue weighted by Gasteiger charge is 2.45. The van der Waals surface area contributed by atoms with E-state index >= 15 is 0 Å². The molecule has 1 unspecified atom stereocenters. The number of halogens is 1. The predicted molar refractivity (Wildman–Crippen MR) is 116 cm³/mol. The first kappa shape index (κ1) is 22.2. The zero-order valence-electron chi connectivity index (χ0n) is 17.4. The quantitative estimate of drug-likeness (QED) is 0.468. The number of likely N-dealkylation sites (N-methyl/N-ethyl adjacent to an activating group) is 1. The third-order valence-corrected chi connectivity index (χ3v) is 5.73. The SMILES string of the molecule is BC(CCC=O)(C(=O)NC)N1Cc2c(NCc3cccc(C=O)c3F)cccc2C1=O. The number of nitrogens with one attached hydrogen (secondary N) is 2. The first-order chi connectivity index (χ1) is 14.9. The minimum atomic E-state index is -1.19. The highest BCUT2D eigenvalue weighted by Crippen LogP contribution is 2.35. The van der Waals surface area contributed by atoms with Crippen LogP contribution in [0.3, 0.4) is 0 Å². The number of fused-ring (bicyclic) bond motifs is 1. The number of aldehydes is 2. The third kappa shape index (κ3) is 4.08. The molecular formula is C22H23BFN3O4. The molecule has 0 aromatic heterocycles. The number of carbonyl (C=O) groups is 4. The Bertz CT molecular complexity index is 1050. The van der Waals surface area contributed by atoms with E-state index in [1.54, 1.807) is 38.2 Å². The van der Waals surface area contributed by atoms with E-state index < -0.39 is 11.3 Å². The third-order valence-electron chi connectivity index (χ3n) is 5.73. The number of benzene rings is 2. The van der Waals surface area contributed by atoms with E-state index in [4.69, 9.17) is 0 Å². The van der Waals surface area contributed by atoms with Crippen molar-refractivity contribution in [3.8, 4) is 0 Å². The number of hydrogen-bond donors (Lipinski definition) is 2. The Balaban J connectivity index is 1.88. The van der Waals surface area contributed by atoms with Gasteiger partial charge in [0.1, 0.15) is 19.9 Å². The standard InChI is InChI=1S/C22H23BFN3O4/c1-25-21(31)22(23,9-4-10-28)27-12-17-16(20(27)30)7-3-8-18(17)26-11-14-5-2-6-15(13-29)19(14)24/h2-3,5-8,10,13,26H,4,9,11-12,23H2,1H3,(H,25,31). The van der Waals surface area contributed by atoms with Crippen LogP contribution in [0.15, 0.2) is 36.4 Å². The van der Waals surface area contributed by atoms with Gasteiger partial charge in [-0.1, -0.05) is 18.2 Å². The molecule has 160 valence electrons. The zero-order valence-corrected chi connectivity index (χ0v) is 17.4. The van der Waals surface area contributed by atoms with Gasteiger partial charge in [-0.2, -0.15) is 0 Å². The molecular weight excluding hydrogens is 400 g/mol. The minimum absolute atomic E-state index is 0.0181. The first-order valence-corrected chi connectivity index (χ1v) is 9.93. The summed E-state index contributed by atoms with van der Waals surface area (Å²) < 4.78 is 14.4. The summed E-state index contributed by atoms with van der Waals surface area (Å²) in [5.74, 6) is -1.24. The van der Waals surface area contributed by atoms with Crippen LogP contribution >= 0.6 is 0 Å². The van der Waals surface area contributed by atoms with Crippen molar-refractivity contribution in [1.29, 1.82) is 0 Å². The summed E-state index contributed by atoms with van der Waals surface area (Å²) in [5.41, 5.74) is 0.904. The van der Waals surface area contributed by atoms with Gasteiger partial charge in [-0.25, -0.2) is 4.39 Å². The molecule has 9 heteroatoms. The van der Waals surface area contributed by atoms with Crippen LogP contribution in [0.1, 0.15) is 44.7 Å².